The summed E-state index contributed by atoms with van der Waals surface area (Å²) in [6.45, 7) is 2.18. The van der Waals surface area contributed by atoms with E-state index >= 15 is 0 Å². The Morgan fingerprint density at radius 1 is 1.05 bits per heavy atom. The average molecular weight is 288 g/mol. The highest BCUT2D eigenvalue weighted by atomic mass is 16.1. The lowest BCUT2D eigenvalue weighted by molar-refractivity contribution is -0.134. The van der Waals surface area contributed by atoms with Crippen LogP contribution >= 0.6 is 0 Å². The minimum absolute atomic E-state index is 0.135. The predicted molar refractivity (Wildman–Crippen MR) is 79.6 cm³/mol. The molecule has 5 aliphatic carbocycles. The summed E-state index contributed by atoms with van der Waals surface area (Å²) in [6, 6.07) is 0. The SMILES string of the molecule is [2H]C1([2H])C23CCC4C5CCC(=O)C5(C)CCC4C12CCC(=O)C3. The number of carbonyl (C=O) groups is 2. The van der Waals surface area contributed by atoms with Gasteiger partial charge >= 0.3 is 0 Å². The van der Waals surface area contributed by atoms with Crippen molar-refractivity contribution in [2.24, 2.45) is 34.0 Å². The number of rotatable bonds is 0. The molecule has 0 heterocycles. The van der Waals surface area contributed by atoms with Crippen molar-refractivity contribution >= 4 is 11.6 Å². The molecule has 5 rings (SSSR count). The fourth-order valence-corrected chi connectivity index (χ4v) is 7.15. The number of carbonyl (C=O) groups excluding carboxylic acids is 2. The smallest absolute Gasteiger partial charge is 0.139 e. The highest BCUT2D eigenvalue weighted by Crippen LogP contribution is 2.82. The van der Waals surface area contributed by atoms with E-state index in [1.165, 1.54) is 0 Å². The number of hydrogen-bond acceptors (Lipinski definition) is 2. The lowest BCUT2D eigenvalue weighted by Crippen LogP contribution is -2.48. The minimum atomic E-state index is -1.16. The monoisotopic (exact) mass is 288 g/mol. The lowest BCUT2D eigenvalue weighted by atomic mass is 9.50. The van der Waals surface area contributed by atoms with Gasteiger partial charge in [0.2, 0.25) is 0 Å². The first kappa shape index (κ1) is 11.0. The minimum Gasteiger partial charge on any atom is -0.300 e. The maximum atomic E-state index is 12.4. The lowest BCUT2D eigenvalue weighted by Gasteiger charge is -2.53. The van der Waals surface area contributed by atoms with Crippen LogP contribution in [0.5, 0.6) is 0 Å². The molecule has 0 bridgehead atoms. The summed E-state index contributed by atoms with van der Waals surface area (Å²) in [4.78, 5) is 24.5. The van der Waals surface area contributed by atoms with Crippen molar-refractivity contribution in [2.45, 2.75) is 71.1 Å². The van der Waals surface area contributed by atoms with Crippen molar-refractivity contribution in [1.82, 2.24) is 0 Å². The molecule has 114 valence electrons. The topological polar surface area (TPSA) is 34.1 Å². The quantitative estimate of drug-likeness (QED) is 0.677. The Balaban J connectivity index is 1.56. The van der Waals surface area contributed by atoms with E-state index in [9.17, 15) is 9.59 Å². The second-order valence-corrected chi connectivity index (χ2v) is 8.73. The zero-order valence-electron chi connectivity index (χ0n) is 14.9. The summed E-state index contributed by atoms with van der Waals surface area (Å²) in [6.07, 6.45) is 6.24. The molecule has 0 amide bonds. The third-order valence-corrected chi connectivity index (χ3v) is 8.23. The Labute approximate surface area is 129 Å². The zero-order chi connectivity index (χ0) is 16.3. The van der Waals surface area contributed by atoms with Gasteiger partial charge in [-0.05, 0) is 73.5 Å². The maximum absolute atomic E-state index is 12.4. The largest absolute Gasteiger partial charge is 0.300 e. The van der Waals surface area contributed by atoms with Crippen LogP contribution in [0.3, 0.4) is 0 Å². The van der Waals surface area contributed by atoms with Crippen molar-refractivity contribution in [3.05, 3.63) is 0 Å². The molecule has 5 aliphatic rings. The van der Waals surface area contributed by atoms with Crippen LogP contribution in [0.15, 0.2) is 0 Å². The van der Waals surface area contributed by atoms with Gasteiger partial charge in [0.1, 0.15) is 11.6 Å². The molecule has 5 saturated carbocycles. The molecular formula is C19H26O2. The third-order valence-electron chi connectivity index (χ3n) is 8.23. The molecule has 2 heteroatoms. The molecule has 0 saturated heterocycles. The molecule has 6 unspecified atom stereocenters. The van der Waals surface area contributed by atoms with Gasteiger partial charge in [-0.25, -0.2) is 0 Å². The summed E-state index contributed by atoms with van der Waals surface area (Å²) in [5, 5.41) is 0. The van der Waals surface area contributed by atoms with Gasteiger partial charge in [-0.2, -0.15) is 0 Å². The van der Waals surface area contributed by atoms with Gasteiger partial charge in [0, 0.05) is 27.4 Å². The molecule has 0 aliphatic heterocycles. The highest BCUT2D eigenvalue weighted by molar-refractivity contribution is 5.87. The van der Waals surface area contributed by atoms with Gasteiger partial charge in [0.15, 0.2) is 0 Å². The first-order chi connectivity index (χ1) is 10.8. The predicted octanol–water partition coefficient (Wildman–Crippen LogP) is 3.92. The van der Waals surface area contributed by atoms with Crippen LogP contribution in [-0.4, -0.2) is 11.6 Å². The van der Waals surface area contributed by atoms with E-state index < -0.39 is 6.37 Å². The van der Waals surface area contributed by atoms with Crippen LogP contribution in [0.1, 0.15) is 73.8 Å². The molecule has 21 heavy (non-hydrogen) atoms. The molecule has 0 radical (unpaired) electrons. The molecule has 0 spiro atoms. The van der Waals surface area contributed by atoms with Crippen LogP contribution in [0.4, 0.5) is 0 Å². The van der Waals surface area contributed by atoms with Crippen LogP contribution in [0.2, 0.25) is 0 Å². The fourth-order valence-electron chi connectivity index (χ4n) is 7.15. The zero-order valence-corrected chi connectivity index (χ0v) is 12.9. The average Bonchev–Trinajstić information content (AvgIpc) is 2.77. The normalized spacial score (nSPS) is 61.9. The summed E-state index contributed by atoms with van der Waals surface area (Å²) in [5.41, 5.74) is -0.736. The number of hydrogen-bond donors (Lipinski definition) is 0. The van der Waals surface area contributed by atoms with Crippen LogP contribution in [-0.2, 0) is 9.59 Å². The van der Waals surface area contributed by atoms with E-state index in [2.05, 4.69) is 6.92 Å². The first-order valence-electron chi connectivity index (χ1n) is 9.85. The van der Waals surface area contributed by atoms with E-state index in [4.69, 9.17) is 2.74 Å². The second kappa shape index (κ2) is 3.63. The Morgan fingerprint density at radius 2 is 1.90 bits per heavy atom. The molecule has 6 atom stereocenters. The number of Topliss-reactive ketones (excluding diaryl/α,β-unsaturated/α-hetero) is 2. The Bertz CT molecular complexity index is 629. The highest BCUT2D eigenvalue weighted by Gasteiger charge is 2.75. The van der Waals surface area contributed by atoms with Gasteiger partial charge in [-0.15, -0.1) is 0 Å². The summed E-state index contributed by atoms with van der Waals surface area (Å²) in [5.74, 6) is 2.11. The Hall–Kier alpha value is -0.660. The van der Waals surface area contributed by atoms with Crippen LogP contribution in [0.25, 0.3) is 0 Å². The molecule has 0 aromatic carbocycles. The number of fused-ring (bicyclic) bond motifs is 3. The molecule has 0 aromatic heterocycles. The molecular weight excluding hydrogens is 260 g/mol. The first-order valence-corrected chi connectivity index (χ1v) is 8.85. The van der Waals surface area contributed by atoms with Gasteiger partial charge in [0.05, 0.1) is 0 Å². The standard InChI is InChI=1S/C19H26O2/c1-17-7-6-15-13(14(17)2-3-16(17)21)5-8-18-10-12(20)4-9-19(15,18)11-18/h13-15H,2-11H2,1H3/i11D2. The van der Waals surface area contributed by atoms with Crippen LogP contribution < -0.4 is 0 Å². The maximum Gasteiger partial charge on any atom is 0.139 e. The second-order valence-electron chi connectivity index (χ2n) is 8.73. The molecule has 0 aromatic rings. The van der Waals surface area contributed by atoms with E-state index in [1.54, 1.807) is 0 Å². The van der Waals surface area contributed by atoms with Crippen molar-refractivity contribution in [3.8, 4) is 0 Å². The fraction of sp³-hybridized carbons (Fsp3) is 0.895. The van der Waals surface area contributed by atoms with E-state index in [-0.39, 0.29) is 22.0 Å². The van der Waals surface area contributed by atoms with E-state index in [0.29, 0.717) is 36.4 Å². The van der Waals surface area contributed by atoms with Crippen molar-refractivity contribution in [3.63, 3.8) is 0 Å². The van der Waals surface area contributed by atoms with Gasteiger partial charge in [-0.3, -0.25) is 9.59 Å². The summed E-state index contributed by atoms with van der Waals surface area (Å²) < 4.78 is 17.6. The van der Waals surface area contributed by atoms with Gasteiger partial charge in [-0.1, -0.05) is 6.92 Å². The van der Waals surface area contributed by atoms with E-state index in [1.807, 2.05) is 0 Å². The third kappa shape index (κ3) is 1.32. The number of ketones is 2. The molecule has 0 N–H and O–H groups in total. The van der Waals surface area contributed by atoms with Crippen molar-refractivity contribution in [1.29, 1.82) is 0 Å². The van der Waals surface area contributed by atoms with Gasteiger partial charge in [0.25, 0.3) is 0 Å². The van der Waals surface area contributed by atoms with Crippen molar-refractivity contribution < 1.29 is 12.3 Å². The summed E-state index contributed by atoms with van der Waals surface area (Å²) >= 11 is 0. The molecule has 2 nitrogen and oxygen atoms in total. The van der Waals surface area contributed by atoms with Crippen LogP contribution in [0, 0.1) is 34.0 Å². The molecule has 5 fully saturated rings. The van der Waals surface area contributed by atoms with Gasteiger partial charge < -0.3 is 0 Å². The van der Waals surface area contributed by atoms with E-state index in [0.717, 1.165) is 44.9 Å². The summed E-state index contributed by atoms with van der Waals surface area (Å²) in [7, 11) is 0. The Morgan fingerprint density at radius 3 is 2.76 bits per heavy atom. The Kier molecular flexibility index (Phi) is 1.89. The van der Waals surface area contributed by atoms with Crippen molar-refractivity contribution in [2.75, 3.05) is 0 Å².